The van der Waals surface area contributed by atoms with Gasteiger partial charge in [0, 0.05) is 25.2 Å². The minimum Gasteiger partial charge on any atom is -0.493 e. The third-order valence-electron chi connectivity index (χ3n) is 6.20. The number of rotatable bonds is 9. The highest BCUT2D eigenvalue weighted by atomic mass is 32.1. The molecule has 9 nitrogen and oxygen atoms in total. The van der Waals surface area contributed by atoms with Gasteiger partial charge in [0.05, 0.1) is 42.7 Å². The first kappa shape index (κ1) is 26.3. The van der Waals surface area contributed by atoms with Gasteiger partial charge in [-0.25, -0.2) is 9.79 Å². The number of fused-ring (bicyclic) bond motifs is 1. The number of furan rings is 1. The molecular weight excluding hydrogens is 494 g/mol. The predicted molar refractivity (Wildman–Crippen MR) is 142 cm³/mol. The molecular formula is C27H31N3O6S. The third kappa shape index (κ3) is 4.93. The van der Waals surface area contributed by atoms with E-state index in [0.717, 1.165) is 19.0 Å². The molecule has 3 aromatic rings. The third-order valence-corrected chi connectivity index (χ3v) is 7.18. The zero-order valence-corrected chi connectivity index (χ0v) is 22.7. The molecule has 1 aromatic carbocycles. The molecule has 0 bridgehead atoms. The highest BCUT2D eigenvalue weighted by molar-refractivity contribution is 7.07. The molecule has 37 heavy (non-hydrogen) atoms. The van der Waals surface area contributed by atoms with Gasteiger partial charge in [-0.3, -0.25) is 9.36 Å². The number of anilines is 1. The van der Waals surface area contributed by atoms with Crippen molar-refractivity contribution >= 4 is 29.3 Å². The van der Waals surface area contributed by atoms with Crippen LogP contribution in [0.25, 0.3) is 6.08 Å². The Morgan fingerprint density at radius 3 is 2.51 bits per heavy atom. The van der Waals surface area contributed by atoms with Crippen molar-refractivity contribution < 1.29 is 23.4 Å². The monoisotopic (exact) mass is 525 g/mol. The standard InChI is InChI=1S/C27H31N3O6S/c1-7-29(8-2)22-13-11-18(36-22)15-21-25(31)30-24(17-10-12-19(33-5)20(14-17)34-6)23(26(32)35-9-3)16(4)28-27(30)37-21/h10-15,24H,7-9H2,1-6H3/b21-15-/t24-/m1/s1. The Hall–Kier alpha value is -3.79. The Kier molecular flexibility index (Phi) is 7.87. The van der Waals surface area contributed by atoms with Crippen LogP contribution in [-0.2, 0) is 9.53 Å². The number of carbonyl (C=O) groups excluding carboxylic acids is 1. The summed E-state index contributed by atoms with van der Waals surface area (Å²) in [6.45, 7) is 9.43. The summed E-state index contributed by atoms with van der Waals surface area (Å²) in [4.78, 5) is 34.0. The highest BCUT2D eigenvalue weighted by Crippen LogP contribution is 2.36. The molecule has 1 aliphatic heterocycles. The Morgan fingerprint density at radius 1 is 1.14 bits per heavy atom. The lowest BCUT2D eigenvalue weighted by Gasteiger charge is -2.25. The maximum Gasteiger partial charge on any atom is 0.338 e. The van der Waals surface area contributed by atoms with Gasteiger partial charge in [0.2, 0.25) is 0 Å². The molecule has 3 heterocycles. The van der Waals surface area contributed by atoms with Gasteiger partial charge >= 0.3 is 5.97 Å². The SMILES string of the molecule is CCOC(=O)C1=C(C)N=c2s/c(=C\c3ccc(N(CC)CC)o3)c(=O)n2[C@@H]1c1ccc(OC)c(OC)c1. The van der Waals surface area contributed by atoms with Gasteiger partial charge in [0.1, 0.15) is 5.76 Å². The van der Waals surface area contributed by atoms with E-state index in [1.54, 1.807) is 39.2 Å². The van der Waals surface area contributed by atoms with Crippen molar-refractivity contribution in [3.8, 4) is 11.5 Å². The summed E-state index contributed by atoms with van der Waals surface area (Å²) in [5.74, 6) is 1.81. The largest absolute Gasteiger partial charge is 0.493 e. The summed E-state index contributed by atoms with van der Waals surface area (Å²) in [5, 5.41) is 0. The zero-order valence-electron chi connectivity index (χ0n) is 21.9. The molecule has 0 radical (unpaired) electrons. The summed E-state index contributed by atoms with van der Waals surface area (Å²) in [7, 11) is 3.09. The number of aromatic nitrogens is 1. The van der Waals surface area contributed by atoms with E-state index in [1.807, 2.05) is 18.2 Å². The minimum atomic E-state index is -0.750. The van der Waals surface area contributed by atoms with Crippen molar-refractivity contribution in [1.29, 1.82) is 0 Å². The number of ether oxygens (including phenoxy) is 3. The molecule has 1 atom stereocenters. The summed E-state index contributed by atoms with van der Waals surface area (Å²) in [6, 6.07) is 8.31. The number of esters is 1. The van der Waals surface area contributed by atoms with E-state index in [1.165, 1.54) is 23.0 Å². The van der Waals surface area contributed by atoms with Crippen LogP contribution in [0.1, 0.15) is 45.1 Å². The smallest absolute Gasteiger partial charge is 0.338 e. The topological polar surface area (TPSA) is 95.5 Å². The van der Waals surface area contributed by atoms with E-state index < -0.39 is 12.0 Å². The van der Waals surface area contributed by atoms with Gasteiger partial charge in [0.25, 0.3) is 5.56 Å². The van der Waals surface area contributed by atoms with Crippen LogP contribution in [0.5, 0.6) is 11.5 Å². The highest BCUT2D eigenvalue weighted by Gasteiger charge is 2.34. The van der Waals surface area contributed by atoms with E-state index in [-0.39, 0.29) is 12.2 Å². The van der Waals surface area contributed by atoms with E-state index >= 15 is 0 Å². The van der Waals surface area contributed by atoms with Crippen molar-refractivity contribution in [3.05, 3.63) is 72.6 Å². The Balaban J connectivity index is 1.90. The van der Waals surface area contributed by atoms with Gasteiger partial charge in [-0.2, -0.15) is 0 Å². The fourth-order valence-electron chi connectivity index (χ4n) is 4.38. The molecule has 0 aliphatic carbocycles. The number of carbonyl (C=O) groups is 1. The lowest BCUT2D eigenvalue weighted by atomic mass is 9.95. The molecule has 2 aromatic heterocycles. The van der Waals surface area contributed by atoms with Crippen molar-refractivity contribution in [1.82, 2.24) is 4.57 Å². The van der Waals surface area contributed by atoms with Crippen LogP contribution in [0.2, 0.25) is 0 Å². The maximum atomic E-state index is 13.8. The van der Waals surface area contributed by atoms with Crippen LogP contribution in [-0.4, -0.2) is 44.5 Å². The van der Waals surface area contributed by atoms with Crippen LogP contribution in [0, 0.1) is 0 Å². The van der Waals surface area contributed by atoms with E-state index in [4.69, 9.17) is 18.6 Å². The summed E-state index contributed by atoms with van der Waals surface area (Å²) >= 11 is 1.25. The second-order valence-corrected chi connectivity index (χ2v) is 9.27. The molecule has 1 aliphatic rings. The molecule has 10 heteroatoms. The van der Waals surface area contributed by atoms with E-state index in [9.17, 15) is 9.59 Å². The predicted octanol–water partition coefficient (Wildman–Crippen LogP) is 3.25. The van der Waals surface area contributed by atoms with Crippen LogP contribution in [0.4, 0.5) is 5.88 Å². The van der Waals surface area contributed by atoms with E-state index in [0.29, 0.717) is 43.4 Å². The Morgan fingerprint density at radius 2 is 1.86 bits per heavy atom. The molecule has 0 fully saturated rings. The molecule has 0 unspecified atom stereocenters. The molecule has 0 N–H and O–H groups in total. The maximum absolute atomic E-state index is 13.8. The Labute approximate surface area is 218 Å². The lowest BCUT2D eigenvalue weighted by molar-refractivity contribution is -0.139. The molecule has 196 valence electrons. The van der Waals surface area contributed by atoms with Gasteiger partial charge in [-0.15, -0.1) is 0 Å². The van der Waals surface area contributed by atoms with Gasteiger partial charge < -0.3 is 23.5 Å². The summed E-state index contributed by atoms with van der Waals surface area (Å²) in [5.41, 5.74) is 1.19. The first-order chi connectivity index (χ1) is 17.9. The molecule has 0 amide bonds. The van der Waals surface area contributed by atoms with Crippen LogP contribution in [0.3, 0.4) is 0 Å². The average molecular weight is 526 g/mol. The van der Waals surface area contributed by atoms with Gasteiger partial charge in [-0.1, -0.05) is 17.4 Å². The van der Waals surface area contributed by atoms with Crippen molar-refractivity contribution in [3.63, 3.8) is 0 Å². The number of benzene rings is 1. The molecule has 0 saturated carbocycles. The number of hydrogen-bond donors (Lipinski definition) is 0. The summed E-state index contributed by atoms with van der Waals surface area (Å²) < 4.78 is 24.2. The fourth-order valence-corrected chi connectivity index (χ4v) is 5.41. The number of nitrogens with zero attached hydrogens (tertiary/aromatic N) is 3. The van der Waals surface area contributed by atoms with Crippen molar-refractivity contribution in [2.75, 3.05) is 38.8 Å². The van der Waals surface area contributed by atoms with Crippen molar-refractivity contribution in [2.45, 2.75) is 33.7 Å². The zero-order chi connectivity index (χ0) is 26.7. The second kappa shape index (κ2) is 11.1. The van der Waals surface area contributed by atoms with E-state index in [2.05, 4.69) is 23.7 Å². The quantitative estimate of drug-likeness (QED) is 0.396. The number of thiazole rings is 1. The van der Waals surface area contributed by atoms with Crippen LogP contribution in [0.15, 0.2) is 55.8 Å². The first-order valence-electron chi connectivity index (χ1n) is 12.1. The normalized spacial score (nSPS) is 15.3. The van der Waals surface area contributed by atoms with Crippen LogP contribution >= 0.6 is 11.3 Å². The van der Waals surface area contributed by atoms with Crippen LogP contribution < -0.4 is 29.3 Å². The van der Waals surface area contributed by atoms with Gasteiger partial charge in [-0.05, 0) is 51.5 Å². The molecule has 4 rings (SSSR count). The second-order valence-electron chi connectivity index (χ2n) is 8.26. The van der Waals surface area contributed by atoms with Gasteiger partial charge in [0.15, 0.2) is 22.2 Å². The number of methoxy groups -OCH3 is 2. The average Bonchev–Trinajstić information content (AvgIpc) is 3.47. The first-order valence-corrected chi connectivity index (χ1v) is 12.9. The minimum absolute atomic E-state index is 0.200. The van der Waals surface area contributed by atoms with Crippen molar-refractivity contribution in [2.24, 2.45) is 4.99 Å². The molecule has 0 spiro atoms. The number of allylic oxidation sites excluding steroid dienone is 1. The fraction of sp³-hybridized carbons (Fsp3) is 0.370. The lowest BCUT2D eigenvalue weighted by Crippen LogP contribution is -2.39. The number of hydrogen-bond acceptors (Lipinski definition) is 9. The molecule has 0 saturated heterocycles. The Bertz CT molecular complexity index is 1510. The summed E-state index contributed by atoms with van der Waals surface area (Å²) in [6.07, 6.45) is 1.71.